The number of aliphatic imine (C=N–C) groups is 1. The highest BCUT2D eigenvalue weighted by atomic mass is 35.5. The van der Waals surface area contributed by atoms with Crippen molar-refractivity contribution in [2.24, 2.45) is 4.99 Å². The Morgan fingerprint density at radius 3 is 2.66 bits per heavy atom. The van der Waals surface area contributed by atoms with Crippen molar-refractivity contribution in [1.29, 1.82) is 0 Å². The molecule has 0 N–H and O–H groups in total. The molecular formula is C30H22ClNO5S. The molecule has 0 saturated heterocycles. The molecule has 0 unspecified atom stereocenters. The first-order valence-electron chi connectivity index (χ1n) is 11.8. The number of carbonyl (C=O) groups excluding carboxylic acids is 2. The highest BCUT2D eigenvalue weighted by Crippen LogP contribution is 2.38. The van der Waals surface area contributed by atoms with Gasteiger partial charge in [-0.1, -0.05) is 60.1 Å². The van der Waals surface area contributed by atoms with E-state index in [0.717, 1.165) is 21.2 Å². The van der Waals surface area contributed by atoms with Gasteiger partial charge < -0.3 is 14.2 Å². The SMILES string of the molecule is CCOc1cc(/C=C2/N=C(c3sc4cc(C)ccc4c3Cl)OC2=O)ccc1OC(=O)/C=C/c1ccccc1. The van der Waals surface area contributed by atoms with Gasteiger partial charge in [0.15, 0.2) is 17.2 Å². The van der Waals surface area contributed by atoms with Gasteiger partial charge in [-0.2, -0.15) is 0 Å². The molecule has 0 saturated carbocycles. The summed E-state index contributed by atoms with van der Waals surface area (Å²) in [4.78, 5) is 30.0. The number of ether oxygens (including phenoxy) is 3. The summed E-state index contributed by atoms with van der Waals surface area (Å²) in [5.74, 6) is -0.316. The normalized spacial score (nSPS) is 14.2. The monoisotopic (exact) mass is 543 g/mol. The standard InChI is InChI=1S/C30H22ClNO5S/c1-3-35-24-17-20(10-13-23(24)36-26(33)14-11-19-7-5-4-6-8-19)16-22-30(34)37-29(32-22)28-27(31)21-12-9-18(2)15-25(21)38-28/h4-17H,3H2,1-2H3/b14-11+,22-16+. The van der Waals surface area contributed by atoms with Crippen molar-refractivity contribution in [3.8, 4) is 11.5 Å². The molecular weight excluding hydrogens is 522 g/mol. The van der Waals surface area contributed by atoms with E-state index in [1.54, 1.807) is 30.4 Å². The molecule has 190 valence electrons. The van der Waals surface area contributed by atoms with Crippen molar-refractivity contribution >= 4 is 63.0 Å². The van der Waals surface area contributed by atoms with Crippen molar-refractivity contribution in [1.82, 2.24) is 0 Å². The smallest absolute Gasteiger partial charge is 0.363 e. The van der Waals surface area contributed by atoms with E-state index in [2.05, 4.69) is 4.99 Å². The van der Waals surface area contributed by atoms with Gasteiger partial charge in [0.25, 0.3) is 0 Å². The maximum atomic E-state index is 12.6. The quantitative estimate of drug-likeness (QED) is 0.140. The van der Waals surface area contributed by atoms with Crippen LogP contribution in [0.25, 0.3) is 22.2 Å². The number of thiophene rings is 1. The minimum absolute atomic E-state index is 0.127. The predicted octanol–water partition coefficient (Wildman–Crippen LogP) is 7.23. The van der Waals surface area contributed by atoms with Crippen LogP contribution in [0.1, 0.15) is 28.5 Å². The van der Waals surface area contributed by atoms with Crippen LogP contribution in [-0.4, -0.2) is 24.4 Å². The Morgan fingerprint density at radius 2 is 1.87 bits per heavy atom. The fraction of sp³-hybridized carbons (Fsp3) is 0.100. The number of esters is 2. The van der Waals surface area contributed by atoms with E-state index in [1.807, 2.05) is 62.4 Å². The lowest BCUT2D eigenvalue weighted by atomic mass is 10.1. The molecule has 4 aromatic rings. The summed E-state index contributed by atoms with van der Waals surface area (Å²) in [6, 6.07) is 20.4. The second-order valence-corrected chi connectivity index (χ2v) is 9.82. The average molecular weight is 544 g/mol. The van der Waals surface area contributed by atoms with Crippen LogP contribution in [0.2, 0.25) is 5.02 Å². The van der Waals surface area contributed by atoms with Gasteiger partial charge in [-0.05, 0) is 60.9 Å². The molecule has 3 aromatic carbocycles. The summed E-state index contributed by atoms with van der Waals surface area (Å²) in [5, 5.41) is 1.39. The molecule has 0 spiro atoms. The third-order valence-electron chi connectivity index (χ3n) is 5.59. The Bertz CT molecular complexity index is 1640. The number of carbonyl (C=O) groups is 2. The molecule has 8 heteroatoms. The summed E-state index contributed by atoms with van der Waals surface area (Å²) >= 11 is 8.00. The molecule has 0 fully saturated rings. The fourth-order valence-corrected chi connectivity index (χ4v) is 5.35. The van der Waals surface area contributed by atoms with Gasteiger partial charge in [0.2, 0.25) is 5.90 Å². The van der Waals surface area contributed by atoms with E-state index in [4.69, 9.17) is 25.8 Å². The van der Waals surface area contributed by atoms with Gasteiger partial charge in [0.05, 0.1) is 11.6 Å². The lowest BCUT2D eigenvalue weighted by Gasteiger charge is -2.10. The van der Waals surface area contributed by atoms with Crippen molar-refractivity contribution < 1.29 is 23.8 Å². The van der Waals surface area contributed by atoms with Gasteiger partial charge in [-0.15, -0.1) is 11.3 Å². The van der Waals surface area contributed by atoms with Crippen LogP contribution in [0.15, 0.2) is 83.5 Å². The number of halogens is 1. The number of rotatable bonds is 7. The van der Waals surface area contributed by atoms with Crippen LogP contribution in [-0.2, 0) is 14.3 Å². The first-order chi connectivity index (χ1) is 18.4. The molecule has 1 aliphatic rings. The van der Waals surface area contributed by atoms with E-state index < -0.39 is 11.9 Å². The molecule has 0 bridgehead atoms. The van der Waals surface area contributed by atoms with E-state index >= 15 is 0 Å². The first kappa shape index (κ1) is 25.4. The van der Waals surface area contributed by atoms with Crippen LogP contribution < -0.4 is 9.47 Å². The zero-order valence-corrected chi connectivity index (χ0v) is 22.1. The van der Waals surface area contributed by atoms with Gasteiger partial charge in [-0.25, -0.2) is 14.6 Å². The molecule has 6 nitrogen and oxygen atoms in total. The summed E-state index contributed by atoms with van der Waals surface area (Å²) in [5.41, 5.74) is 2.75. The number of cyclic esters (lactones) is 1. The minimum Gasteiger partial charge on any atom is -0.490 e. The maximum Gasteiger partial charge on any atom is 0.363 e. The Balaban J connectivity index is 1.38. The Morgan fingerprint density at radius 1 is 1.05 bits per heavy atom. The zero-order chi connectivity index (χ0) is 26.6. The summed E-state index contributed by atoms with van der Waals surface area (Å²) in [6.45, 7) is 4.19. The van der Waals surface area contributed by atoms with Gasteiger partial charge in [0.1, 0.15) is 4.88 Å². The fourth-order valence-electron chi connectivity index (χ4n) is 3.81. The van der Waals surface area contributed by atoms with Crippen molar-refractivity contribution in [3.63, 3.8) is 0 Å². The number of hydrogen-bond acceptors (Lipinski definition) is 7. The van der Waals surface area contributed by atoms with E-state index in [-0.39, 0.29) is 17.3 Å². The summed E-state index contributed by atoms with van der Waals surface area (Å²) < 4.78 is 17.6. The molecule has 1 aliphatic heterocycles. The summed E-state index contributed by atoms with van der Waals surface area (Å²) in [7, 11) is 0. The van der Waals surface area contributed by atoms with Crippen molar-refractivity contribution in [2.45, 2.75) is 13.8 Å². The number of aryl methyl sites for hydroxylation is 1. The van der Waals surface area contributed by atoms with Gasteiger partial charge >= 0.3 is 11.9 Å². The molecule has 38 heavy (non-hydrogen) atoms. The molecule has 2 heterocycles. The van der Waals surface area contributed by atoms with Crippen LogP contribution in [0.4, 0.5) is 0 Å². The Kier molecular flexibility index (Phi) is 7.40. The second-order valence-electron chi connectivity index (χ2n) is 8.39. The molecule has 0 atom stereocenters. The van der Waals surface area contributed by atoms with Crippen molar-refractivity contribution in [3.05, 3.63) is 105 Å². The lowest BCUT2D eigenvalue weighted by molar-refractivity contribution is -0.130. The van der Waals surface area contributed by atoms with Crippen LogP contribution >= 0.6 is 22.9 Å². The molecule has 5 rings (SSSR count). The van der Waals surface area contributed by atoms with Gasteiger partial charge in [0, 0.05) is 16.2 Å². The lowest BCUT2D eigenvalue weighted by Crippen LogP contribution is -2.06. The Labute approximate surface area is 228 Å². The second kappa shape index (κ2) is 11.0. The number of benzene rings is 3. The highest BCUT2D eigenvalue weighted by Gasteiger charge is 2.28. The predicted molar refractivity (Wildman–Crippen MR) is 151 cm³/mol. The minimum atomic E-state index is -0.579. The van der Waals surface area contributed by atoms with Crippen LogP contribution in [0.5, 0.6) is 11.5 Å². The van der Waals surface area contributed by atoms with Crippen molar-refractivity contribution in [2.75, 3.05) is 6.61 Å². The third-order valence-corrected chi connectivity index (χ3v) is 7.24. The number of nitrogens with zero attached hydrogens (tertiary/aromatic N) is 1. The van der Waals surface area contributed by atoms with Gasteiger partial charge in [-0.3, -0.25) is 0 Å². The zero-order valence-electron chi connectivity index (χ0n) is 20.6. The summed E-state index contributed by atoms with van der Waals surface area (Å²) in [6.07, 6.45) is 4.61. The van der Waals surface area contributed by atoms with E-state index in [0.29, 0.717) is 27.8 Å². The molecule has 0 radical (unpaired) electrons. The highest BCUT2D eigenvalue weighted by molar-refractivity contribution is 7.21. The number of fused-ring (bicyclic) bond motifs is 1. The largest absolute Gasteiger partial charge is 0.490 e. The molecule has 1 aromatic heterocycles. The molecule has 0 amide bonds. The van der Waals surface area contributed by atoms with Crippen LogP contribution in [0.3, 0.4) is 0 Å². The first-order valence-corrected chi connectivity index (χ1v) is 13.0. The van der Waals surface area contributed by atoms with Crippen LogP contribution in [0, 0.1) is 6.92 Å². The topological polar surface area (TPSA) is 74.2 Å². The maximum absolute atomic E-state index is 12.6. The molecule has 0 aliphatic carbocycles. The number of hydrogen-bond donors (Lipinski definition) is 0. The average Bonchev–Trinajstić information content (AvgIpc) is 3.43. The van der Waals surface area contributed by atoms with E-state index in [1.165, 1.54) is 17.4 Å². The Hall–Kier alpha value is -4.20. The van der Waals surface area contributed by atoms with E-state index in [9.17, 15) is 9.59 Å². The third kappa shape index (κ3) is 5.54.